The minimum atomic E-state index is -0.0417. The Morgan fingerprint density at radius 1 is 1.32 bits per heavy atom. The van der Waals surface area contributed by atoms with Crippen LogP contribution in [0.3, 0.4) is 0 Å². The van der Waals surface area contributed by atoms with Crippen molar-refractivity contribution < 1.29 is 19.1 Å². The van der Waals surface area contributed by atoms with Gasteiger partial charge in [-0.1, -0.05) is 31.2 Å². The molecule has 1 amide bonds. The molecule has 1 aliphatic heterocycles. The number of hydroxylamine groups is 1. The van der Waals surface area contributed by atoms with Gasteiger partial charge in [-0.05, 0) is 32.1 Å². The normalized spacial score (nSPS) is 17.6. The molecule has 1 rings (SSSR count). The van der Waals surface area contributed by atoms with E-state index in [-0.39, 0.29) is 12.0 Å². The molecule has 6 heteroatoms. The summed E-state index contributed by atoms with van der Waals surface area (Å²) in [5.41, 5.74) is 2.73. The van der Waals surface area contributed by atoms with Crippen molar-refractivity contribution in [3.05, 3.63) is 37.5 Å². The molecule has 162 valence electrons. The topological polar surface area (TPSA) is 68.8 Å². The van der Waals surface area contributed by atoms with Gasteiger partial charge in [0.1, 0.15) is 6.10 Å². The van der Waals surface area contributed by atoms with Crippen molar-refractivity contribution in [2.45, 2.75) is 51.6 Å². The highest BCUT2D eigenvalue weighted by atomic mass is 16.7. The fourth-order valence-corrected chi connectivity index (χ4v) is 2.68. The maximum Gasteiger partial charge on any atom is 0.220 e. The molecule has 0 bridgehead atoms. The van der Waals surface area contributed by atoms with Gasteiger partial charge in [-0.2, -0.15) is 0 Å². The Hall–Kier alpha value is -1.47. The van der Waals surface area contributed by atoms with Crippen LogP contribution in [0.2, 0.25) is 0 Å². The van der Waals surface area contributed by atoms with E-state index in [2.05, 4.69) is 49.1 Å². The second-order valence-electron chi connectivity index (χ2n) is 6.50. The fourth-order valence-electron chi connectivity index (χ4n) is 2.68. The Bertz CT molecular complexity index is 421. The maximum atomic E-state index is 11.9. The molecule has 1 saturated heterocycles. The highest BCUT2D eigenvalue weighted by Crippen LogP contribution is 2.11. The molecule has 2 atom stereocenters. The van der Waals surface area contributed by atoms with Crippen molar-refractivity contribution in [1.29, 1.82) is 0 Å². The summed E-state index contributed by atoms with van der Waals surface area (Å²) in [5, 5.41) is 2.99. The highest BCUT2D eigenvalue weighted by molar-refractivity contribution is 5.75. The van der Waals surface area contributed by atoms with Crippen molar-refractivity contribution in [2.75, 3.05) is 40.0 Å². The monoisotopic (exact) mass is 396 g/mol. The number of ether oxygens (including phenoxy) is 2. The number of carbonyl (C=O) groups excluding carboxylic acids is 1. The molecule has 1 heterocycles. The van der Waals surface area contributed by atoms with Crippen molar-refractivity contribution in [2.24, 2.45) is 5.92 Å². The van der Waals surface area contributed by atoms with Gasteiger partial charge < -0.3 is 14.8 Å². The molecule has 1 aliphatic rings. The molecular weight excluding hydrogens is 356 g/mol. The number of allylic oxidation sites excluding steroid dienone is 3. The SMILES string of the molecule is C=C.CC/C=C\C=C/CCOCC(CCCC(=O)NCC1CCOC1)ONC. The van der Waals surface area contributed by atoms with E-state index in [4.69, 9.17) is 14.3 Å². The van der Waals surface area contributed by atoms with Gasteiger partial charge in [0.2, 0.25) is 5.91 Å². The van der Waals surface area contributed by atoms with E-state index < -0.39 is 0 Å². The largest absolute Gasteiger partial charge is 0.381 e. The number of carbonyl (C=O) groups is 1. The summed E-state index contributed by atoms with van der Waals surface area (Å²) >= 11 is 0. The standard InChI is InChI=1S/C20H36N2O4.C2H4/c1-3-4-5-6-7-8-13-24-17-19(26-21-2)10-9-11-20(23)22-15-18-12-14-25-16-18;1-2/h4-7,18-19,21H,3,8-17H2,1-2H3,(H,22,23);1-2H2/b5-4-,7-6-;. The second kappa shape index (κ2) is 20.3. The summed E-state index contributed by atoms with van der Waals surface area (Å²) in [6.07, 6.45) is 13.3. The lowest BCUT2D eigenvalue weighted by Crippen LogP contribution is -2.30. The van der Waals surface area contributed by atoms with Gasteiger partial charge in [0.05, 0.1) is 19.8 Å². The van der Waals surface area contributed by atoms with Crippen LogP contribution < -0.4 is 10.8 Å². The summed E-state index contributed by atoms with van der Waals surface area (Å²) in [7, 11) is 1.74. The third-order valence-electron chi connectivity index (χ3n) is 4.18. The average Bonchev–Trinajstić information content (AvgIpc) is 3.23. The molecule has 0 radical (unpaired) electrons. The van der Waals surface area contributed by atoms with Crippen LogP contribution >= 0.6 is 0 Å². The average molecular weight is 397 g/mol. The van der Waals surface area contributed by atoms with Crippen LogP contribution in [0.25, 0.3) is 0 Å². The van der Waals surface area contributed by atoms with Crippen molar-refractivity contribution in [3.63, 3.8) is 0 Å². The predicted octanol–water partition coefficient (Wildman–Crippen LogP) is 3.56. The Morgan fingerprint density at radius 2 is 2.11 bits per heavy atom. The fraction of sp³-hybridized carbons (Fsp3) is 0.682. The molecular formula is C22H40N2O4. The van der Waals surface area contributed by atoms with Gasteiger partial charge in [-0.25, -0.2) is 5.48 Å². The highest BCUT2D eigenvalue weighted by Gasteiger charge is 2.16. The minimum Gasteiger partial charge on any atom is -0.381 e. The molecule has 0 aromatic carbocycles. The van der Waals surface area contributed by atoms with Gasteiger partial charge in [-0.3, -0.25) is 9.63 Å². The minimum absolute atomic E-state index is 0.0417. The van der Waals surface area contributed by atoms with Crippen molar-refractivity contribution in [3.8, 4) is 0 Å². The lowest BCUT2D eigenvalue weighted by Gasteiger charge is -2.16. The van der Waals surface area contributed by atoms with E-state index in [0.717, 1.165) is 51.9 Å². The van der Waals surface area contributed by atoms with E-state index in [1.54, 1.807) is 7.05 Å². The van der Waals surface area contributed by atoms with Crippen LogP contribution in [0, 0.1) is 5.92 Å². The second-order valence-corrected chi connectivity index (χ2v) is 6.50. The molecule has 0 aromatic rings. The van der Waals surface area contributed by atoms with E-state index in [0.29, 0.717) is 25.6 Å². The summed E-state index contributed by atoms with van der Waals surface area (Å²) in [6.45, 7) is 11.6. The van der Waals surface area contributed by atoms with Crippen LogP contribution in [-0.4, -0.2) is 52.0 Å². The molecule has 0 aliphatic carbocycles. The number of rotatable bonds is 15. The number of amides is 1. The zero-order valence-corrected chi connectivity index (χ0v) is 17.8. The predicted molar refractivity (Wildman–Crippen MR) is 115 cm³/mol. The first-order valence-electron chi connectivity index (χ1n) is 10.3. The summed E-state index contributed by atoms with van der Waals surface area (Å²) < 4.78 is 11.0. The Balaban J connectivity index is 0.00000352. The molecule has 0 aromatic heterocycles. The van der Waals surface area contributed by atoms with Gasteiger partial charge in [0.15, 0.2) is 0 Å². The van der Waals surface area contributed by atoms with Gasteiger partial charge in [0.25, 0.3) is 0 Å². The molecule has 0 spiro atoms. The van der Waals surface area contributed by atoms with Crippen LogP contribution in [0.1, 0.15) is 45.4 Å². The van der Waals surface area contributed by atoms with Gasteiger partial charge in [0, 0.05) is 32.5 Å². The third-order valence-corrected chi connectivity index (χ3v) is 4.18. The van der Waals surface area contributed by atoms with Crippen LogP contribution in [0.15, 0.2) is 37.5 Å². The van der Waals surface area contributed by atoms with E-state index in [1.165, 1.54) is 0 Å². The lowest BCUT2D eigenvalue weighted by molar-refractivity contribution is -0.121. The van der Waals surface area contributed by atoms with E-state index in [1.807, 2.05) is 6.08 Å². The summed E-state index contributed by atoms with van der Waals surface area (Å²) in [4.78, 5) is 17.4. The summed E-state index contributed by atoms with van der Waals surface area (Å²) in [5.74, 6) is 0.575. The Kier molecular flexibility index (Phi) is 19.2. The zero-order chi connectivity index (χ0) is 20.9. The first-order valence-corrected chi connectivity index (χ1v) is 10.3. The van der Waals surface area contributed by atoms with E-state index >= 15 is 0 Å². The maximum absolute atomic E-state index is 11.9. The number of hydrogen-bond donors (Lipinski definition) is 2. The molecule has 2 unspecified atom stereocenters. The summed E-state index contributed by atoms with van der Waals surface area (Å²) in [6, 6.07) is 0. The number of hydrogen-bond acceptors (Lipinski definition) is 5. The van der Waals surface area contributed by atoms with Crippen molar-refractivity contribution in [1.82, 2.24) is 10.8 Å². The third kappa shape index (κ3) is 15.6. The van der Waals surface area contributed by atoms with Crippen molar-refractivity contribution >= 4 is 5.91 Å². The van der Waals surface area contributed by atoms with Gasteiger partial charge in [-0.15, -0.1) is 13.2 Å². The van der Waals surface area contributed by atoms with Crippen LogP contribution in [-0.2, 0) is 19.1 Å². The molecule has 28 heavy (non-hydrogen) atoms. The van der Waals surface area contributed by atoms with Crippen LogP contribution in [0.4, 0.5) is 0 Å². The molecule has 2 N–H and O–H groups in total. The van der Waals surface area contributed by atoms with Gasteiger partial charge >= 0.3 is 0 Å². The molecule has 1 fully saturated rings. The smallest absolute Gasteiger partial charge is 0.220 e. The van der Waals surface area contributed by atoms with E-state index in [9.17, 15) is 4.79 Å². The first-order chi connectivity index (χ1) is 13.8. The molecule has 6 nitrogen and oxygen atoms in total. The number of nitrogens with one attached hydrogen (secondary N) is 2. The zero-order valence-electron chi connectivity index (χ0n) is 17.8. The lowest BCUT2D eigenvalue weighted by atomic mass is 10.1. The Labute approximate surface area is 171 Å². The van der Waals surface area contributed by atoms with Crippen LogP contribution in [0.5, 0.6) is 0 Å². The first kappa shape index (κ1) is 26.5. The molecule has 0 saturated carbocycles. The quantitative estimate of drug-likeness (QED) is 0.192. The Morgan fingerprint density at radius 3 is 2.79 bits per heavy atom.